The fraction of sp³-hybridized carbons (Fsp3) is 0.143. The van der Waals surface area contributed by atoms with Gasteiger partial charge in [-0.05, 0) is 18.2 Å². The van der Waals surface area contributed by atoms with Crippen LogP contribution in [0.15, 0.2) is 47.8 Å². The molecule has 0 amide bonds. The summed E-state index contributed by atoms with van der Waals surface area (Å²) in [6.07, 6.45) is 6.46. The smallest absolute Gasteiger partial charge is 0.259 e. The lowest BCUT2D eigenvalue weighted by atomic mass is 10.2. The highest BCUT2D eigenvalue weighted by Crippen LogP contribution is 2.13. The minimum absolute atomic E-state index is 0.163. The number of hydrogen-bond donors (Lipinski definition) is 1. The van der Waals surface area contributed by atoms with Gasteiger partial charge in [-0.15, -0.1) is 0 Å². The molecule has 0 fully saturated rings. The fourth-order valence-corrected chi connectivity index (χ4v) is 1.64. The molecule has 0 radical (unpaired) electrons. The molecule has 0 saturated heterocycles. The van der Waals surface area contributed by atoms with E-state index in [1.54, 1.807) is 43.0 Å². The highest BCUT2D eigenvalue weighted by molar-refractivity contribution is 5.78. The third-order valence-corrected chi connectivity index (χ3v) is 2.46. The van der Waals surface area contributed by atoms with Crippen molar-refractivity contribution in [2.75, 3.05) is 0 Å². The summed E-state index contributed by atoms with van der Waals surface area (Å²) in [6.45, 7) is 4.00. The van der Waals surface area contributed by atoms with Gasteiger partial charge in [-0.1, -0.05) is 13.8 Å². The van der Waals surface area contributed by atoms with Gasteiger partial charge in [-0.25, -0.2) is 4.98 Å². The molecule has 0 bridgehead atoms. The molecule has 0 aliphatic heterocycles. The summed E-state index contributed by atoms with van der Waals surface area (Å²) in [6, 6.07) is 5.23. The number of nitrogens with one attached hydrogen (secondary N) is 1. The van der Waals surface area contributed by atoms with E-state index in [0.29, 0.717) is 16.7 Å². The highest BCUT2D eigenvalue weighted by Gasteiger charge is 2.04. The van der Waals surface area contributed by atoms with Crippen molar-refractivity contribution in [2.45, 2.75) is 13.8 Å². The van der Waals surface area contributed by atoms with E-state index in [1.807, 2.05) is 13.8 Å². The van der Waals surface area contributed by atoms with Crippen molar-refractivity contribution in [3.8, 4) is 11.4 Å². The van der Waals surface area contributed by atoms with Crippen molar-refractivity contribution in [3.05, 3.63) is 53.3 Å². The van der Waals surface area contributed by atoms with Crippen LogP contribution in [0.4, 0.5) is 0 Å². The molecule has 0 spiro atoms. The van der Waals surface area contributed by atoms with Crippen molar-refractivity contribution in [1.82, 2.24) is 19.9 Å². The van der Waals surface area contributed by atoms with Gasteiger partial charge in [0.15, 0.2) is 0 Å². The van der Waals surface area contributed by atoms with Crippen LogP contribution in [0, 0.1) is 0 Å². The second-order valence-electron chi connectivity index (χ2n) is 3.54. The molecule has 3 aromatic heterocycles. The van der Waals surface area contributed by atoms with E-state index < -0.39 is 0 Å². The number of fused-ring (bicyclic) bond motifs is 1. The fourth-order valence-electron chi connectivity index (χ4n) is 1.64. The largest absolute Gasteiger partial charge is 0.306 e. The molecule has 0 aliphatic carbocycles. The Kier molecular flexibility index (Phi) is 3.97. The molecule has 19 heavy (non-hydrogen) atoms. The molecule has 0 saturated carbocycles. The maximum atomic E-state index is 11.8. The summed E-state index contributed by atoms with van der Waals surface area (Å²) in [5.41, 5.74) is 1.25. The van der Waals surface area contributed by atoms with Gasteiger partial charge < -0.3 is 4.98 Å². The summed E-state index contributed by atoms with van der Waals surface area (Å²) in [4.78, 5) is 26.8. The first-order valence-electron chi connectivity index (χ1n) is 6.09. The number of aromatic nitrogens is 4. The number of aromatic amines is 1. The third kappa shape index (κ3) is 2.65. The summed E-state index contributed by atoms with van der Waals surface area (Å²) in [5, 5.41) is 0.540. The van der Waals surface area contributed by atoms with Gasteiger partial charge in [0.25, 0.3) is 5.56 Å². The van der Waals surface area contributed by atoms with Crippen LogP contribution < -0.4 is 5.56 Å². The van der Waals surface area contributed by atoms with Crippen LogP contribution in [0.1, 0.15) is 13.8 Å². The van der Waals surface area contributed by atoms with E-state index in [0.717, 1.165) is 5.56 Å². The number of nitrogens with zero attached hydrogens (tertiary/aromatic N) is 3. The Bertz CT molecular complexity index is 722. The predicted molar refractivity (Wildman–Crippen MR) is 74.7 cm³/mol. The molecule has 0 atom stereocenters. The molecule has 5 heteroatoms. The van der Waals surface area contributed by atoms with E-state index in [9.17, 15) is 4.79 Å². The van der Waals surface area contributed by atoms with E-state index in [1.165, 1.54) is 0 Å². The lowest BCUT2D eigenvalue weighted by molar-refractivity contribution is 1.16. The first kappa shape index (κ1) is 12.9. The highest BCUT2D eigenvalue weighted by atomic mass is 16.1. The quantitative estimate of drug-likeness (QED) is 0.723. The van der Waals surface area contributed by atoms with Crippen molar-refractivity contribution in [2.24, 2.45) is 0 Å². The second-order valence-corrected chi connectivity index (χ2v) is 3.54. The SMILES string of the molecule is CC.O=c1[nH]c(-c2ccncc2)nc2cnccc12. The van der Waals surface area contributed by atoms with E-state index in [-0.39, 0.29) is 5.56 Å². The zero-order valence-electron chi connectivity index (χ0n) is 10.8. The summed E-state index contributed by atoms with van der Waals surface area (Å²) in [7, 11) is 0. The summed E-state index contributed by atoms with van der Waals surface area (Å²) >= 11 is 0. The second kappa shape index (κ2) is 5.86. The van der Waals surface area contributed by atoms with Crippen LogP contribution in [0.5, 0.6) is 0 Å². The Morgan fingerprint density at radius 2 is 1.68 bits per heavy atom. The Morgan fingerprint density at radius 3 is 2.42 bits per heavy atom. The van der Waals surface area contributed by atoms with Gasteiger partial charge in [0.05, 0.1) is 17.1 Å². The van der Waals surface area contributed by atoms with Crippen molar-refractivity contribution < 1.29 is 0 Å². The van der Waals surface area contributed by atoms with Gasteiger partial charge in [0.2, 0.25) is 0 Å². The zero-order valence-corrected chi connectivity index (χ0v) is 10.8. The molecular weight excluding hydrogens is 240 g/mol. The number of H-pyrrole nitrogens is 1. The Morgan fingerprint density at radius 1 is 1.00 bits per heavy atom. The lowest BCUT2D eigenvalue weighted by Crippen LogP contribution is -2.09. The van der Waals surface area contributed by atoms with Crippen LogP contribution in [-0.2, 0) is 0 Å². The van der Waals surface area contributed by atoms with Gasteiger partial charge >= 0.3 is 0 Å². The molecule has 5 nitrogen and oxygen atoms in total. The van der Waals surface area contributed by atoms with Crippen LogP contribution >= 0.6 is 0 Å². The minimum Gasteiger partial charge on any atom is -0.306 e. The lowest BCUT2D eigenvalue weighted by Gasteiger charge is -2.01. The molecule has 3 aromatic rings. The monoisotopic (exact) mass is 254 g/mol. The third-order valence-electron chi connectivity index (χ3n) is 2.46. The first-order chi connectivity index (χ1) is 9.34. The van der Waals surface area contributed by atoms with Crippen molar-refractivity contribution in [1.29, 1.82) is 0 Å². The molecule has 0 aromatic carbocycles. The van der Waals surface area contributed by atoms with Crippen LogP contribution in [0.3, 0.4) is 0 Å². The average Bonchev–Trinajstić information content (AvgIpc) is 2.50. The maximum absolute atomic E-state index is 11.8. The van der Waals surface area contributed by atoms with Crippen molar-refractivity contribution >= 4 is 10.9 Å². The van der Waals surface area contributed by atoms with Crippen LogP contribution in [0.25, 0.3) is 22.3 Å². The van der Waals surface area contributed by atoms with Gasteiger partial charge in [-0.2, -0.15) is 0 Å². The van der Waals surface area contributed by atoms with Crippen molar-refractivity contribution in [3.63, 3.8) is 0 Å². The van der Waals surface area contributed by atoms with E-state index >= 15 is 0 Å². The maximum Gasteiger partial charge on any atom is 0.259 e. The average molecular weight is 254 g/mol. The molecule has 3 rings (SSSR count). The van der Waals surface area contributed by atoms with Crippen LogP contribution in [-0.4, -0.2) is 19.9 Å². The normalized spacial score (nSPS) is 9.79. The topological polar surface area (TPSA) is 71.5 Å². The summed E-state index contributed by atoms with van der Waals surface area (Å²) in [5.74, 6) is 0.526. The Hall–Kier alpha value is -2.56. The van der Waals surface area contributed by atoms with E-state index in [2.05, 4.69) is 19.9 Å². The van der Waals surface area contributed by atoms with Crippen LogP contribution in [0.2, 0.25) is 0 Å². The molecule has 0 aliphatic rings. The first-order valence-corrected chi connectivity index (χ1v) is 6.09. The molecule has 96 valence electrons. The van der Waals surface area contributed by atoms with E-state index in [4.69, 9.17) is 0 Å². The Balaban J connectivity index is 0.000000637. The number of pyridine rings is 2. The predicted octanol–water partition coefficient (Wildman–Crippen LogP) is 2.41. The number of hydrogen-bond acceptors (Lipinski definition) is 4. The Labute approximate surface area is 110 Å². The summed E-state index contributed by atoms with van der Waals surface area (Å²) < 4.78 is 0. The molecule has 1 N–H and O–H groups in total. The zero-order chi connectivity index (χ0) is 13.7. The number of rotatable bonds is 1. The standard InChI is InChI=1S/C12H8N4O.C2H6/c17-12-9-3-6-14-7-10(9)15-11(16-12)8-1-4-13-5-2-8;1-2/h1-7H,(H,15,16,17);1-2H3. The molecule has 3 heterocycles. The molecule has 0 unspecified atom stereocenters. The van der Waals surface area contributed by atoms with Gasteiger partial charge in [-0.3, -0.25) is 14.8 Å². The molecular formula is C14H14N4O. The van der Waals surface area contributed by atoms with Gasteiger partial charge in [0.1, 0.15) is 5.82 Å². The van der Waals surface area contributed by atoms with Gasteiger partial charge in [0, 0.05) is 24.2 Å². The minimum atomic E-state index is -0.163.